The van der Waals surface area contributed by atoms with Gasteiger partial charge in [-0.3, -0.25) is 9.71 Å². The van der Waals surface area contributed by atoms with Crippen LogP contribution in [0.25, 0.3) is 0 Å². The zero-order valence-electron chi connectivity index (χ0n) is 10.6. The third-order valence-corrected chi connectivity index (χ3v) is 3.97. The van der Waals surface area contributed by atoms with Crippen molar-refractivity contribution in [3.05, 3.63) is 53.9 Å². The Morgan fingerprint density at radius 3 is 2.30 bits per heavy atom. The number of aromatic carboxylic acids is 1. The molecule has 1 heterocycles. The van der Waals surface area contributed by atoms with Crippen molar-refractivity contribution in [2.75, 3.05) is 4.72 Å². The number of hydrogen-bond acceptors (Lipinski definition) is 4. The number of benzene rings is 1. The number of nitrogens with zero attached hydrogens (tertiary/aromatic N) is 1. The maximum absolute atomic E-state index is 12.1. The van der Waals surface area contributed by atoms with Crippen molar-refractivity contribution in [1.82, 2.24) is 4.98 Å². The first kappa shape index (κ1) is 14.0. The van der Waals surface area contributed by atoms with Crippen LogP contribution in [0.15, 0.2) is 47.5 Å². The molecule has 0 saturated heterocycles. The van der Waals surface area contributed by atoms with Gasteiger partial charge in [-0.2, -0.15) is 0 Å². The highest BCUT2D eigenvalue weighted by molar-refractivity contribution is 7.92. The van der Waals surface area contributed by atoms with Crippen LogP contribution in [0.5, 0.6) is 0 Å². The molecule has 20 heavy (non-hydrogen) atoms. The molecule has 0 amide bonds. The van der Waals surface area contributed by atoms with Crippen molar-refractivity contribution in [2.45, 2.75) is 11.8 Å². The molecular formula is C13H12N2O4S. The van der Waals surface area contributed by atoms with Crippen molar-refractivity contribution < 1.29 is 18.3 Å². The predicted octanol–water partition coefficient (Wildman–Crippen LogP) is 1.89. The first-order valence-electron chi connectivity index (χ1n) is 5.67. The molecule has 2 N–H and O–H groups in total. The minimum Gasteiger partial charge on any atom is -0.478 e. The van der Waals surface area contributed by atoms with Crippen LogP contribution in [0, 0.1) is 6.92 Å². The summed E-state index contributed by atoms with van der Waals surface area (Å²) in [6.07, 6.45) is 1.42. The van der Waals surface area contributed by atoms with Gasteiger partial charge >= 0.3 is 5.97 Å². The lowest BCUT2D eigenvalue weighted by molar-refractivity contribution is 0.0697. The zero-order chi connectivity index (χ0) is 14.8. The second-order valence-corrected chi connectivity index (χ2v) is 5.81. The van der Waals surface area contributed by atoms with Gasteiger partial charge in [0, 0.05) is 5.69 Å². The van der Waals surface area contributed by atoms with Gasteiger partial charge < -0.3 is 5.11 Å². The largest absolute Gasteiger partial charge is 0.478 e. The van der Waals surface area contributed by atoms with Gasteiger partial charge in [0.2, 0.25) is 0 Å². The van der Waals surface area contributed by atoms with E-state index in [1.54, 1.807) is 19.1 Å². The van der Waals surface area contributed by atoms with Crippen LogP contribution >= 0.6 is 0 Å². The summed E-state index contributed by atoms with van der Waals surface area (Å²) in [6.45, 7) is 1.79. The summed E-state index contributed by atoms with van der Waals surface area (Å²) < 4.78 is 26.5. The van der Waals surface area contributed by atoms with Gasteiger partial charge in [-0.15, -0.1) is 0 Å². The van der Waals surface area contributed by atoms with E-state index >= 15 is 0 Å². The second-order valence-electron chi connectivity index (χ2n) is 4.12. The summed E-state index contributed by atoms with van der Waals surface area (Å²) in [5, 5.41) is 8.77. The quantitative estimate of drug-likeness (QED) is 0.897. The van der Waals surface area contributed by atoms with Gasteiger partial charge in [0.1, 0.15) is 0 Å². The molecule has 7 heteroatoms. The molecule has 2 rings (SSSR count). The van der Waals surface area contributed by atoms with E-state index in [-0.39, 0.29) is 10.5 Å². The topological polar surface area (TPSA) is 96.4 Å². The predicted molar refractivity (Wildman–Crippen MR) is 73.2 cm³/mol. The molecule has 1 aromatic carbocycles. The number of sulfonamides is 1. The number of aromatic nitrogens is 1. The maximum atomic E-state index is 12.1. The van der Waals surface area contributed by atoms with Crippen LogP contribution in [-0.2, 0) is 10.0 Å². The van der Waals surface area contributed by atoms with Crippen molar-refractivity contribution in [3.8, 4) is 0 Å². The van der Waals surface area contributed by atoms with Crippen LogP contribution in [0.3, 0.4) is 0 Å². The molecule has 0 spiro atoms. The lowest BCUT2D eigenvalue weighted by atomic mass is 10.2. The highest BCUT2D eigenvalue weighted by Gasteiger charge is 2.15. The van der Waals surface area contributed by atoms with Crippen molar-refractivity contribution >= 4 is 21.7 Å². The molecule has 0 radical (unpaired) electrons. The van der Waals surface area contributed by atoms with Gasteiger partial charge in [-0.05, 0) is 43.3 Å². The number of nitrogens with one attached hydrogen (secondary N) is 1. The van der Waals surface area contributed by atoms with Crippen molar-refractivity contribution in [3.63, 3.8) is 0 Å². The van der Waals surface area contributed by atoms with E-state index in [1.807, 2.05) is 0 Å². The van der Waals surface area contributed by atoms with E-state index in [2.05, 4.69) is 9.71 Å². The third kappa shape index (κ3) is 3.12. The number of pyridine rings is 1. The van der Waals surface area contributed by atoms with E-state index in [0.717, 1.165) is 5.69 Å². The molecule has 104 valence electrons. The number of anilines is 1. The van der Waals surface area contributed by atoms with Gasteiger partial charge in [0.15, 0.2) is 0 Å². The van der Waals surface area contributed by atoms with E-state index < -0.39 is 16.0 Å². The first-order chi connectivity index (χ1) is 9.38. The van der Waals surface area contributed by atoms with Gasteiger partial charge in [0.05, 0.1) is 22.3 Å². The fraction of sp³-hybridized carbons (Fsp3) is 0.0769. The maximum Gasteiger partial charge on any atom is 0.335 e. The molecule has 0 atom stereocenters. The monoisotopic (exact) mass is 292 g/mol. The fourth-order valence-corrected chi connectivity index (χ4v) is 2.56. The fourth-order valence-electron chi connectivity index (χ4n) is 1.52. The molecule has 0 bridgehead atoms. The van der Waals surface area contributed by atoms with Crippen LogP contribution in [-0.4, -0.2) is 24.5 Å². The Kier molecular flexibility index (Phi) is 3.71. The molecule has 0 aliphatic rings. The number of aryl methyl sites for hydroxylation is 1. The number of carboxylic acids is 1. The summed E-state index contributed by atoms with van der Waals surface area (Å²) in [6, 6.07) is 8.26. The summed E-state index contributed by atoms with van der Waals surface area (Å²) in [4.78, 5) is 14.7. The minimum absolute atomic E-state index is 0.0110. The zero-order valence-corrected chi connectivity index (χ0v) is 11.4. The Bertz CT molecular complexity index is 722. The number of hydrogen-bond donors (Lipinski definition) is 2. The molecule has 1 aromatic heterocycles. The Hall–Kier alpha value is -2.41. The van der Waals surface area contributed by atoms with Crippen molar-refractivity contribution in [2.24, 2.45) is 0 Å². The van der Waals surface area contributed by atoms with Crippen LogP contribution in [0.1, 0.15) is 16.1 Å². The lowest BCUT2D eigenvalue weighted by Gasteiger charge is -2.08. The highest BCUT2D eigenvalue weighted by Crippen LogP contribution is 2.16. The van der Waals surface area contributed by atoms with E-state index in [0.29, 0.717) is 5.69 Å². The molecular weight excluding hydrogens is 280 g/mol. The number of carboxylic acid groups (broad SMARTS) is 1. The SMILES string of the molecule is Cc1ccc(NS(=O)(=O)c2ccc(C(=O)O)cc2)cn1. The summed E-state index contributed by atoms with van der Waals surface area (Å²) in [5.41, 5.74) is 1.15. The Morgan fingerprint density at radius 1 is 1.15 bits per heavy atom. The highest BCUT2D eigenvalue weighted by atomic mass is 32.2. The molecule has 0 unspecified atom stereocenters. The first-order valence-corrected chi connectivity index (χ1v) is 7.16. The van der Waals surface area contributed by atoms with Gasteiger partial charge in [0.25, 0.3) is 10.0 Å². The summed E-state index contributed by atoms with van der Waals surface area (Å²) >= 11 is 0. The number of carbonyl (C=O) groups is 1. The summed E-state index contributed by atoms with van der Waals surface area (Å²) in [5.74, 6) is -1.11. The minimum atomic E-state index is -3.75. The van der Waals surface area contributed by atoms with Crippen LogP contribution < -0.4 is 4.72 Å². The lowest BCUT2D eigenvalue weighted by Crippen LogP contribution is -2.13. The molecule has 0 aliphatic heterocycles. The Morgan fingerprint density at radius 2 is 1.80 bits per heavy atom. The molecule has 0 fully saturated rings. The molecule has 6 nitrogen and oxygen atoms in total. The van der Waals surface area contributed by atoms with Crippen LogP contribution in [0.2, 0.25) is 0 Å². The van der Waals surface area contributed by atoms with E-state index in [1.165, 1.54) is 30.5 Å². The Balaban J connectivity index is 2.26. The van der Waals surface area contributed by atoms with Crippen LogP contribution in [0.4, 0.5) is 5.69 Å². The molecule has 2 aromatic rings. The average molecular weight is 292 g/mol. The molecule has 0 aliphatic carbocycles. The third-order valence-electron chi connectivity index (χ3n) is 2.58. The standard InChI is InChI=1S/C13H12N2O4S/c1-9-2-5-11(8-14-9)15-20(18,19)12-6-3-10(4-7-12)13(16)17/h2-8,15H,1H3,(H,16,17). The number of rotatable bonds is 4. The summed E-state index contributed by atoms with van der Waals surface area (Å²) in [7, 11) is -3.75. The second kappa shape index (κ2) is 5.30. The smallest absolute Gasteiger partial charge is 0.335 e. The normalized spacial score (nSPS) is 11.1. The molecule has 0 saturated carbocycles. The van der Waals surface area contributed by atoms with Gasteiger partial charge in [-0.25, -0.2) is 13.2 Å². The average Bonchev–Trinajstić information content (AvgIpc) is 2.41. The van der Waals surface area contributed by atoms with E-state index in [4.69, 9.17) is 5.11 Å². The van der Waals surface area contributed by atoms with Gasteiger partial charge in [-0.1, -0.05) is 0 Å². The van der Waals surface area contributed by atoms with E-state index in [9.17, 15) is 13.2 Å². The van der Waals surface area contributed by atoms with Crippen molar-refractivity contribution in [1.29, 1.82) is 0 Å². The Labute approximate surface area is 116 Å².